The summed E-state index contributed by atoms with van der Waals surface area (Å²) in [6.07, 6.45) is 0.836. The molecule has 0 radical (unpaired) electrons. The van der Waals surface area contributed by atoms with Crippen molar-refractivity contribution in [3.05, 3.63) is 53.6 Å². The molecule has 0 spiro atoms. The second kappa shape index (κ2) is 9.82. The second-order valence-corrected chi connectivity index (χ2v) is 6.81. The molecule has 154 valence electrons. The maximum atomic E-state index is 12.4. The Morgan fingerprint density at radius 3 is 2.48 bits per heavy atom. The number of amides is 2. The molecule has 29 heavy (non-hydrogen) atoms. The van der Waals surface area contributed by atoms with Crippen LogP contribution in [-0.4, -0.2) is 38.7 Å². The molecule has 0 saturated heterocycles. The zero-order valence-electron chi connectivity index (χ0n) is 16.7. The summed E-state index contributed by atoms with van der Waals surface area (Å²) in [7, 11) is 1.59. The van der Waals surface area contributed by atoms with Crippen LogP contribution in [-0.2, 0) is 16.0 Å². The lowest BCUT2D eigenvalue weighted by atomic mass is 10.0. The van der Waals surface area contributed by atoms with Crippen LogP contribution in [0.15, 0.2) is 42.5 Å². The van der Waals surface area contributed by atoms with Crippen molar-refractivity contribution in [3.63, 3.8) is 0 Å². The number of ether oxygens (including phenoxy) is 3. The highest BCUT2D eigenvalue weighted by Gasteiger charge is 2.17. The van der Waals surface area contributed by atoms with Gasteiger partial charge in [0, 0.05) is 13.5 Å². The van der Waals surface area contributed by atoms with Crippen molar-refractivity contribution in [2.75, 3.05) is 26.9 Å². The minimum Gasteiger partial charge on any atom is -0.497 e. The SMILES string of the molecule is COc1ccc(C(CC(=O)NCCc2ccc3c(c2)OCCO3)NC(C)=O)cc1. The lowest BCUT2D eigenvalue weighted by Crippen LogP contribution is -2.33. The molecule has 0 fully saturated rings. The third-order valence-corrected chi connectivity index (χ3v) is 4.63. The third kappa shape index (κ3) is 5.88. The zero-order valence-corrected chi connectivity index (χ0v) is 16.7. The summed E-state index contributed by atoms with van der Waals surface area (Å²) in [6.45, 7) is 3.04. The summed E-state index contributed by atoms with van der Waals surface area (Å²) in [5.41, 5.74) is 1.91. The Morgan fingerprint density at radius 2 is 1.79 bits per heavy atom. The minimum absolute atomic E-state index is 0.128. The van der Waals surface area contributed by atoms with Crippen LogP contribution in [0, 0.1) is 0 Å². The summed E-state index contributed by atoms with van der Waals surface area (Å²) in [5.74, 6) is 1.90. The maximum Gasteiger partial charge on any atom is 0.222 e. The summed E-state index contributed by atoms with van der Waals surface area (Å²) in [4.78, 5) is 24.0. The molecule has 7 nitrogen and oxygen atoms in total. The van der Waals surface area contributed by atoms with Gasteiger partial charge in [-0.05, 0) is 41.8 Å². The highest BCUT2D eigenvalue weighted by atomic mass is 16.6. The van der Waals surface area contributed by atoms with Crippen molar-refractivity contribution in [1.82, 2.24) is 10.6 Å². The molecular weight excluding hydrogens is 372 g/mol. The molecule has 0 saturated carbocycles. The van der Waals surface area contributed by atoms with Crippen molar-refractivity contribution in [1.29, 1.82) is 0 Å². The van der Waals surface area contributed by atoms with Crippen LogP contribution in [0.3, 0.4) is 0 Å². The molecule has 2 aromatic rings. The average molecular weight is 398 g/mol. The Bertz CT molecular complexity index is 851. The molecule has 2 amide bonds. The van der Waals surface area contributed by atoms with E-state index < -0.39 is 6.04 Å². The number of rotatable bonds is 8. The minimum atomic E-state index is -0.396. The molecule has 2 aromatic carbocycles. The van der Waals surface area contributed by atoms with Gasteiger partial charge >= 0.3 is 0 Å². The molecule has 1 unspecified atom stereocenters. The standard InChI is InChI=1S/C22H26N2O5/c1-15(25)24-19(17-4-6-18(27-2)7-5-17)14-22(26)23-10-9-16-3-8-20-21(13-16)29-12-11-28-20/h3-8,13,19H,9-12,14H2,1-2H3,(H,23,26)(H,24,25). The number of hydrogen-bond donors (Lipinski definition) is 2. The summed E-state index contributed by atoms with van der Waals surface area (Å²) < 4.78 is 16.3. The van der Waals surface area contributed by atoms with Gasteiger partial charge in [-0.3, -0.25) is 9.59 Å². The molecule has 3 rings (SSSR count). The van der Waals surface area contributed by atoms with Crippen LogP contribution >= 0.6 is 0 Å². The van der Waals surface area contributed by atoms with E-state index in [1.54, 1.807) is 7.11 Å². The van der Waals surface area contributed by atoms with E-state index in [-0.39, 0.29) is 18.2 Å². The first-order valence-electron chi connectivity index (χ1n) is 9.61. The first kappa shape index (κ1) is 20.5. The average Bonchev–Trinajstić information content (AvgIpc) is 2.73. The molecule has 0 aliphatic carbocycles. The van der Waals surface area contributed by atoms with Crippen LogP contribution in [0.1, 0.15) is 30.5 Å². The van der Waals surface area contributed by atoms with Gasteiger partial charge < -0.3 is 24.8 Å². The van der Waals surface area contributed by atoms with Crippen molar-refractivity contribution in [2.45, 2.75) is 25.8 Å². The monoisotopic (exact) mass is 398 g/mol. The number of benzene rings is 2. The van der Waals surface area contributed by atoms with Gasteiger partial charge in [0.25, 0.3) is 0 Å². The maximum absolute atomic E-state index is 12.4. The Labute approximate surface area is 170 Å². The third-order valence-electron chi connectivity index (χ3n) is 4.63. The van der Waals surface area contributed by atoms with Crippen LogP contribution in [0.5, 0.6) is 17.2 Å². The van der Waals surface area contributed by atoms with E-state index in [0.717, 1.165) is 28.4 Å². The van der Waals surface area contributed by atoms with E-state index in [2.05, 4.69) is 10.6 Å². The van der Waals surface area contributed by atoms with Gasteiger partial charge in [0.15, 0.2) is 11.5 Å². The van der Waals surface area contributed by atoms with E-state index >= 15 is 0 Å². The van der Waals surface area contributed by atoms with Crippen LogP contribution < -0.4 is 24.8 Å². The fourth-order valence-corrected chi connectivity index (χ4v) is 3.18. The number of carbonyl (C=O) groups is 2. The fraction of sp³-hybridized carbons (Fsp3) is 0.364. The number of carbonyl (C=O) groups excluding carboxylic acids is 2. The molecule has 1 heterocycles. The van der Waals surface area contributed by atoms with Gasteiger partial charge in [0.2, 0.25) is 11.8 Å². The summed E-state index contributed by atoms with van der Waals surface area (Å²) >= 11 is 0. The normalized spacial score (nSPS) is 13.3. The number of fused-ring (bicyclic) bond motifs is 1. The molecular formula is C22H26N2O5. The molecule has 1 atom stereocenters. The van der Waals surface area contributed by atoms with Gasteiger partial charge in [-0.2, -0.15) is 0 Å². The van der Waals surface area contributed by atoms with Gasteiger partial charge in [-0.25, -0.2) is 0 Å². The fourth-order valence-electron chi connectivity index (χ4n) is 3.18. The summed E-state index contributed by atoms with van der Waals surface area (Å²) in [6, 6.07) is 12.7. The predicted molar refractivity (Wildman–Crippen MR) is 108 cm³/mol. The number of hydrogen-bond acceptors (Lipinski definition) is 5. The number of methoxy groups -OCH3 is 1. The van der Waals surface area contributed by atoms with E-state index in [1.165, 1.54) is 6.92 Å². The van der Waals surface area contributed by atoms with Crippen molar-refractivity contribution >= 4 is 11.8 Å². The lowest BCUT2D eigenvalue weighted by molar-refractivity contribution is -0.122. The largest absolute Gasteiger partial charge is 0.497 e. The molecule has 0 aromatic heterocycles. The lowest BCUT2D eigenvalue weighted by Gasteiger charge is -2.19. The molecule has 1 aliphatic heterocycles. The predicted octanol–water partition coefficient (Wildman–Crippen LogP) is 2.39. The smallest absolute Gasteiger partial charge is 0.222 e. The van der Waals surface area contributed by atoms with Crippen LogP contribution in [0.2, 0.25) is 0 Å². The van der Waals surface area contributed by atoms with Crippen molar-refractivity contribution in [2.24, 2.45) is 0 Å². The zero-order chi connectivity index (χ0) is 20.6. The van der Waals surface area contributed by atoms with Crippen LogP contribution in [0.25, 0.3) is 0 Å². The molecule has 0 bridgehead atoms. The molecule has 2 N–H and O–H groups in total. The number of nitrogens with one attached hydrogen (secondary N) is 2. The first-order chi connectivity index (χ1) is 14.0. The van der Waals surface area contributed by atoms with Gasteiger partial charge in [0.05, 0.1) is 19.6 Å². The first-order valence-corrected chi connectivity index (χ1v) is 9.61. The Balaban J connectivity index is 1.53. The van der Waals surface area contributed by atoms with E-state index in [1.807, 2.05) is 42.5 Å². The van der Waals surface area contributed by atoms with Crippen molar-refractivity contribution in [3.8, 4) is 17.2 Å². The Kier molecular flexibility index (Phi) is 6.94. The van der Waals surface area contributed by atoms with Gasteiger partial charge in [-0.1, -0.05) is 18.2 Å². The Hall–Kier alpha value is -3.22. The quantitative estimate of drug-likeness (QED) is 0.713. The topological polar surface area (TPSA) is 85.9 Å². The van der Waals surface area contributed by atoms with Crippen molar-refractivity contribution < 1.29 is 23.8 Å². The van der Waals surface area contributed by atoms with Gasteiger partial charge in [0.1, 0.15) is 19.0 Å². The van der Waals surface area contributed by atoms with E-state index in [0.29, 0.717) is 26.2 Å². The van der Waals surface area contributed by atoms with E-state index in [9.17, 15) is 9.59 Å². The van der Waals surface area contributed by atoms with E-state index in [4.69, 9.17) is 14.2 Å². The highest BCUT2D eigenvalue weighted by molar-refractivity contribution is 5.79. The highest BCUT2D eigenvalue weighted by Crippen LogP contribution is 2.30. The van der Waals surface area contributed by atoms with Gasteiger partial charge in [-0.15, -0.1) is 0 Å². The Morgan fingerprint density at radius 1 is 1.07 bits per heavy atom. The molecule has 7 heteroatoms. The summed E-state index contributed by atoms with van der Waals surface area (Å²) in [5, 5.41) is 5.76. The molecule has 1 aliphatic rings. The van der Waals surface area contributed by atoms with Crippen LogP contribution in [0.4, 0.5) is 0 Å². The second-order valence-electron chi connectivity index (χ2n) is 6.81.